The van der Waals surface area contributed by atoms with E-state index >= 15 is 0 Å². The Bertz CT molecular complexity index is 729. The number of ether oxygens (including phenoxy) is 2. The number of halogens is 4. The molecular weight excluding hydrogens is 360 g/mol. The zero-order valence-corrected chi connectivity index (χ0v) is 14.2. The summed E-state index contributed by atoms with van der Waals surface area (Å²) in [6.45, 7) is 1.79. The van der Waals surface area contributed by atoms with E-state index in [-0.39, 0.29) is 12.8 Å². The summed E-state index contributed by atoms with van der Waals surface area (Å²) in [4.78, 5) is 6.97. The number of aromatic nitrogens is 1. The number of hydrogen-bond acceptors (Lipinski definition) is 5. The fraction of sp³-hybridized carbons (Fsp3) is 0.438. The lowest BCUT2D eigenvalue weighted by Crippen LogP contribution is -2.18. The molecule has 1 saturated heterocycles. The summed E-state index contributed by atoms with van der Waals surface area (Å²) >= 11 is 1.44. The van der Waals surface area contributed by atoms with Crippen LogP contribution in [0, 0.1) is 5.82 Å². The Morgan fingerprint density at radius 3 is 2.64 bits per heavy atom. The molecule has 0 amide bonds. The van der Waals surface area contributed by atoms with E-state index in [4.69, 9.17) is 9.47 Å². The van der Waals surface area contributed by atoms with Crippen LogP contribution in [-0.4, -0.2) is 30.1 Å². The van der Waals surface area contributed by atoms with Crippen molar-refractivity contribution in [2.24, 2.45) is 0 Å². The van der Waals surface area contributed by atoms with Crippen molar-refractivity contribution in [3.63, 3.8) is 0 Å². The molecule has 0 radical (unpaired) electrons. The number of rotatable bonds is 5. The fourth-order valence-corrected chi connectivity index (χ4v) is 3.52. The third kappa shape index (κ3) is 4.55. The van der Waals surface area contributed by atoms with Gasteiger partial charge in [0.25, 0.3) is 0 Å². The van der Waals surface area contributed by atoms with Gasteiger partial charge >= 0.3 is 6.18 Å². The molecule has 0 unspecified atom stereocenters. The molecule has 0 atom stereocenters. The van der Waals surface area contributed by atoms with E-state index in [0.29, 0.717) is 25.3 Å². The van der Waals surface area contributed by atoms with Gasteiger partial charge in [0.2, 0.25) is 0 Å². The van der Waals surface area contributed by atoms with Crippen molar-refractivity contribution in [3.05, 3.63) is 51.2 Å². The number of thiazole rings is 1. The molecule has 4 nitrogen and oxygen atoms in total. The van der Waals surface area contributed by atoms with Gasteiger partial charge in [0.1, 0.15) is 10.8 Å². The number of hydrogen-bond donors (Lipinski definition) is 0. The second-order valence-corrected chi connectivity index (χ2v) is 6.86. The number of nitrogens with zero attached hydrogens (tertiary/aromatic N) is 2. The van der Waals surface area contributed by atoms with Crippen LogP contribution >= 0.6 is 11.3 Å². The predicted octanol–water partition coefficient (Wildman–Crippen LogP) is 3.98. The first-order chi connectivity index (χ1) is 11.8. The van der Waals surface area contributed by atoms with Crippen molar-refractivity contribution < 1.29 is 27.0 Å². The van der Waals surface area contributed by atoms with Crippen molar-refractivity contribution in [3.8, 4) is 0 Å². The van der Waals surface area contributed by atoms with Crippen molar-refractivity contribution in [2.45, 2.75) is 25.6 Å². The van der Waals surface area contributed by atoms with Gasteiger partial charge in [-0.05, 0) is 24.7 Å². The van der Waals surface area contributed by atoms with E-state index in [1.807, 2.05) is 4.90 Å². The first-order valence-corrected chi connectivity index (χ1v) is 8.36. The second-order valence-electron chi connectivity index (χ2n) is 5.71. The first-order valence-electron chi connectivity index (χ1n) is 7.55. The SMILES string of the molecule is CN(Cc1ccc(F)c(C(F)(F)F)c1)Cc1ncc(C2OCCO2)s1. The van der Waals surface area contributed by atoms with E-state index in [0.717, 1.165) is 22.0 Å². The molecule has 0 saturated carbocycles. The van der Waals surface area contributed by atoms with Gasteiger partial charge in [-0.1, -0.05) is 6.07 Å². The van der Waals surface area contributed by atoms with Crippen LogP contribution < -0.4 is 0 Å². The summed E-state index contributed by atoms with van der Waals surface area (Å²) in [5.41, 5.74) is -0.860. The molecule has 1 aromatic heterocycles. The van der Waals surface area contributed by atoms with Gasteiger partial charge in [-0.25, -0.2) is 9.37 Å². The summed E-state index contributed by atoms with van der Waals surface area (Å²) < 4.78 is 62.5. The molecule has 9 heteroatoms. The zero-order chi connectivity index (χ0) is 18.0. The largest absolute Gasteiger partial charge is 0.419 e. The minimum Gasteiger partial charge on any atom is -0.345 e. The minimum absolute atomic E-state index is 0.245. The molecule has 2 heterocycles. The quantitative estimate of drug-likeness (QED) is 0.740. The summed E-state index contributed by atoms with van der Waals surface area (Å²) in [6, 6.07) is 3.05. The molecule has 0 spiro atoms. The maximum Gasteiger partial charge on any atom is 0.419 e. The first kappa shape index (κ1) is 18.2. The highest BCUT2D eigenvalue weighted by Crippen LogP contribution is 2.32. The zero-order valence-electron chi connectivity index (χ0n) is 13.3. The van der Waals surface area contributed by atoms with Crippen molar-refractivity contribution in [1.29, 1.82) is 0 Å². The molecule has 1 aromatic carbocycles. The molecule has 2 aromatic rings. The molecule has 0 N–H and O–H groups in total. The van der Waals surface area contributed by atoms with E-state index in [1.54, 1.807) is 13.2 Å². The summed E-state index contributed by atoms with van der Waals surface area (Å²) in [6.07, 6.45) is -3.41. The average Bonchev–Trinajstić information content (AvgIpc) is 3.19. The number of alkyl halides is 3. The third-order valence-electron chi connectivity index (χ3n) is 3.62. The van der Waals surface area contributed by atoms with E-state index in [9.17, 15) is 17.6 Å². The molecule has 1 fully saturated rings. The Kier molecular flexibility index (Phi) is 5.38. The highest BCUT2D eigenvalue weighted by molar-refractivity contribution is 7.11. The Morgan fingerprint density at radius 1 is 1.24 bits per heavy atom. The fourth-order valence-electron chi connectivity index (χ4n) is 2.52. The van der Waals surface area contributed by atoms with Crippen LogP contribution in [0.5, 0.6) is 0 Å². The highest BCUT2D eigenvalue weighted by Gasteiger charge is 2.34. The molecule has 1 aliphatic heterocycles. The average molecular weight is 376 g/mol. The monoisotopic (exact) mass is 376 g/mol. The maximum atomic E-state index is 13.3. The minimum atomic E-state index is -4.70. The Balaban J connectivity index is 1.63. The maximum absolute atomic E-state index is 13.3. The highest BCUT2D eigenvalue weighted by atomic mass is 32.1. The molecule has 3 rings (SSSR count). The molecule has 1 aliphatic rings. The van der Waals surface area contributed by atoms with Crippen LogP contribution in [0.2, 0.25) is 0 Å². The molecule has 136 valence electrons. The Hall–Kier alpha value is -1.55. The topological polar surface area (TPSA) is 34.6 Å². The van der Waals surface area contributed by atoms with Crippen LogP contribution in [0.4, 0.5) is 17.6 Å². The van der Waals surface area contributed by atoms with Gasteiger partial charge in [-0.2, -0.15) is 13.2 Å². The standard InChI is InChI=1S/C16H16F4N2O2S/c1-22(8-10-2-3-12(17)11(6-10)16(18,19)20)9-14-21-7-13(25-14)15-23-4-5-24-15/h2-3,6-7,15H,4-5,8-9H2,1H3. The van der Waals surface area contributed by atoms with Gasteiger partial charge < -0.3 is 9.47 Å². The molecule has 0 aliphatic carbocycles. The normalized spacial score (nSPS) is 16.1. The van der Waals surface area contributed by atoms with Gasteiger partial charge in [0.05, 0.1) is 30.2 Å². The van der Waals surface area contributed by atoms with Gasteiger partial charge in [0.15, 0.2) is 6.29 Å². The van der Waals surface area contributed by atoms with E-state index in [1.165, 1.54) is 17.4 Å². The van der Waals surface area contributed by atoms with Gasteiger partial charge in [0, 0.05) is 12.7 Å². The summed E-state index contributed by atoms with van der Waals surface area (Å²) in [7, 11) is 1.76. The molecule has 0 bridgehead atoms. The van der Waals surface area contributed by atoms with Crippen LogP contribution in [0.3, 0.4) is 0 Å². The van der Waals surface area contributed by atoms with E-state index in [2.05, 4.69) is 4.98 Å². The van der Waals surface area contributed by atoms with Crippen molar-refractivity contribution >= 4 is 11.3 Å². The molecule has 25 heavy (non-hydrogen) atoms. The van der Waals surface area contributed by atoms with Crippen LogP contribution in [0.15, 0.2) is 24.4 Å². The Labute approximate surface area is 146 Å². The van der Waals surface area contributed by atoms with Crippen LogP contribution in [-0.2, 0) is 28.7 Å². The lowest BCUT2D eigenvalue weighted by atomic mass is 10.1. The van der Waals surface area contributed by atoms with Crippen molar-refractivity contribution in [2.75, 3.05) is 20.3 Å². The third-order valence-corrected chi connectivity index (χ3v) is 4.62. The molecular formula is C16H16F4N2O2S. The number of benzene rings is 1. The van der Waals surface area contributed by atoms with Gasteiger partial charge in [-0.3, -0.25) is 4.90 Å². The van der Waals surface area contributed by atoms with Crippen molar-refractivity contribution in [1.82, 2.24) is 9.88 Å². The second kappa shape index (κ2) is 7.36. The van der Waals surface area contributed by atoms with Gasteiger partial charge in [-0.15, -0.1) is 11.3 Å². The summed E-state index contributed by atoms with van der Waals surface area (Å²) in [5.74, 6) is -1.26. The lowest BCUT2D eigenvalue weighted by Gasteiger charge is -2.16. The Morgan fingerprint density at radius 2 is 1.96 bits per heavy atom. The summed E-state index contributed by atoms with van der Waals surface area (Å²) in [5, 5.41) is 0.801. The smallest absolute Gasteiger partial charge is 0.345 e. The predicted molar refractivity (Wildman–Crippen MR) is 83.3 cm³/mol. The van der Waals surface area contributed by atoms with E-state index < -0.39 is 17.6 Å². The van der Waals surface area contributed by atoms with Crippen LogP contribution in [0.25, 0.3) is 0 Å². The van der Waals surface area contributed by atoms with Crippen LogP contribution in [0.1, 0.15) is 27.3 Å². The lowest BCUT2D eigenvalue weighted by molar-refractivity contribution is -0.140.